The van der Waals surface area contributed by atoms with E-state index in [1.165, 1.54) is 20.4 Å². The number of benzene rings is 3. The normalized spacial score (nSPS) is 11.2. The van der Waals surface area contributed by atoms with Crippen LogP contribution in [0.1, 0.15) is 33.5 Å². The Morgan fingerprint density at radius 1 is 0.872 bits per heavy atom. The van der Waals surface area contributed by atoms with Gasteiger partial charge in [-0.25, -0.2) is 8.42 Å². The number of amides is 1. The lowest BCUT2D eigenvalue weighted by molar-refractivity contribution is 0.0952. The standard InChI is InChI=1S/C31H32N2O5S/c1-22-7-4-11-25(15-22)26-12-13-29(38-3)30(18-26)39(35,36)21-24-9-5-8-23(16-24)10-6-14-33-31(34)27-17-28(37-2)20-32-19-27/h4-5,7-9,11-13,15-20H,6,10,14,21H2,1-3H3,(H,33,34). The SMILES string of the molecule is COc1cncc(C(=O)NCCCc2cccc(CS(=O)(=O)c3cc(-c4cccc(C)c4)ccc3OC)c2)c1. The lowest BCUT2D eigenvalue weighted by atomic mass is 10.0. The molecule has 0 unspecified atom stereocenters. The van der Waals surface area contributed by atoms with Crippen molar-refractivity contribution in [2.45, 2.75) is 30.4 Å². The highest BCUT2D eigenvalue weighted by Crippen LogP contribution is 2.32. The van der Waals surface area contributed by atoms with Crippen LogP contribution in [-0.2, 0) is 22.0 Å². The number of carbonyl (C=O) groups excluding carboxylic acids is 1. The third kappa shape index (κ3) is 7.23. The zero-order valence-corrected chi connectivity index (χ0v) is 23.1. The number of nitrogens with one attached hydrogen (secondary N) is 1. The third-order valence-corrected chi connectivity index (χ3v) is 8.04. The number of aromatic nitrogens is 1. The number of sulfone groups is 1. The topological polar surface area (TPSA) is 94.6 Å². The molecule has 39 heavy (non-hydrogen) atoms. The third-order valence-electron chi connectivity index (χ3n) is 6.34. The van der Waals surface area contributed by atoms with Crippen molar-refractivity contribution in [2.75, 3.05) is 20.8 Å². The molecule has 0 radical (unpaired) electrons. The summed E-state index contributed by atoms with van der Waals surface area (Å²) in [6.45, 7) is 2.48. The van der Waals surface area contributed by atoms with Gasteiger partial charge in [-0.15, -0.1) is 0 Å². The Balaban J connectivity index is 1.42. The molecule has 0 aliphatic rings. The predicted octanol–water partition coefficient (Wildman–Crippen LogP) is 5.41. The second-order valence-electron chi connectivity index (χ2n) is 9.29. The fourth-order valence-corrected chi connectivity index (χ4v) is 5.89. The van der Waals surface area contributed by atoms with Crippen molar-refractivity contribution in [1.82, 2.24) is 10.3 Å². The fourth-order valence-electron chi connectivity index (χ4n) is 4.35. The maximum absolute atomic E-state index is 13.5. The minimum absolute atomic E-state index is 0.145. The van der Waals surface area contributed by atoms with Crippen LogP contribution in [0.5, 0.6) is 11.5 Å². The maximum Gasteiger partial charge on any atom is 0.252 e. The first-order valence-electron chi connectivity index (χ1n) is 12.6. The van der Waals surface area contributed by atoms with Crippen molar-refractivity contribution in [2.24, 2.45) is 0 Å². The van der Waals surface area contributed by atoms with Gasteiger partial charge in [0.15, 0.2) is 9.84 Å². The molecule has 7 nitrogen and oxygen atoms in total. The van der Waals surface area contributed by atoms with Crippen molar-refractivity contribution in [1.29, 1.82) is 0 Å². The van der Waals surface area contributed by atoms with Gasteiger partial charge in [0.2, 0.25) is 0 Å². The van der Waals surface area contributed by atoms with E-state index in [0.717, 1.165) is 22.3 Å². The Morgan fingerprint density at radius 2 is 1.64 bits per heavy atom. The van der Waals surface area contributed by atoms with Crippen LogP contribution < -0.4 is 14.8 Å². The molecule has 4 rings (SSSR count). The van der Waals surface area contributed by atoms with Gasteiger partial charge in [0, 0.05) is 12.7 Å². The molecule has 1 amide bonds. The Bertz CT molecular complexity index is 1570. The zero-order chi connectivity index (χ0) is 27.8. The molecule has 4 aromatic rings. The molecule has 0 atom stereocenters. The largest absolute Gasteiger partial charge is 0.495 e. The first-order chi connectivity index (χ1) is 18.8. The predicted molar refractivity (Wildman–Crippen MR) is 152 cm³/mol. The second kappa shape index (κ2) is 12.6. The molecule has 202 valence electrons. The zero-order valence-electron chi connectivity index (χ0n) is 22.3. The Kier molecular flexibility index (Phi) is 8.99. The highest BCUT2D eigenvalue weighted by molar-refractivity contribution is 7.90. The van der Waals surface area contributed by atoms with Crippen LogP contribution >= 0.6 is 0 Å². The van der Waals surface area contributed by atoms with Gasteiger partial charge in [-0.2, -0.15) is 0 Å². The van der Waals surface area contributed by atoms with Gasteiger partial charge >= 0.3 is 0 Å². The van der Waals surface area contributed by atoms with Crippen molar-refractivity contribution in [3.05, 3.63) is 107 Å². The summed E-state index contributed by atoms with van der Waals surface area (Å²) >= 11 is 0. The molecule has 1 aromatic heterocycles. The number of carbonyl (C=O) groups is 1. The lowest BCUT2D eigenvalue weighted by Gasteiger charge is -2.13. The Labute approximate surface area is 229 Å². The molecule has 0 spiro atoms. The van der Waals surface area contributed by atoms with Crippen LogP contribution in [0.15, 0.2) is 90.1 Å². The van der Waals surface area contributed by atoms with Crippen LogP contribution in [0.4, 0.5) is 0 Å². The van der Waals surface area contributed by atoms with E-state index in [0.29, 0.717) is 42.0 Å². The van der Waals surface area contributed by atoms with Crippen LogP contribution in [-0.4, -0.2) is 40.1 Å². The maximum atomic E-state index is 13.5. The summed E-state index contributed by atoms with van der Waals surface area (Å²) in [7, 11) is -0.682. The molecule has 0 saturated carbocycles. The van der Waals surface area contributed by atoms with Gasteiger partial charge in [-0.05, 0) is 60.2 Å². The molecule has 0 bridgehead atoms. The summed E-state index contributed by atoms with van der Waals surface area (Å²) < 4.78 is 37.6. The summed E-state index contributed by atoms with van der Waals surface area (Å²) in [6, 6.07) is 22.4. The van der Waals surface area contributed by atoms with Gasteiger partial charge < -0.3 is 14.8 Å². The first kappa shape index (κ1) is 27.9. The van der Waals surface area contributed by atoms with Crippen LogP contribution in [0.2, 0.25) is 0 Å². The van der Waals surface area contributed by atoms with Crippen molar-refractivity contribution < 1.29 is 22.7 Å². The van der Waals surface area contributed by atoms with E-state index in [1.807, 2.05) is 61.5 Å². The van der Waals surface area contributed by atoms with E-state index < -0.39 is 9.84 Å². The lowest BCUT2D eigenvalue weighted by Crippen LogP contribution is -2.24. The number of rotatable bonds is 11. The summed E-state index contributed by atoms with van der Waals surface area (Å²) in [5.74, 6) is 0.482. The molecule has 0 aliphatic carbocycles. The number of hydrogen-bond acceptors (Lipinski definition) is 6. The number of hydrogen-bond donors (Lipinski definition) is 1. The number of aryl methyl sites for hydroxylation is 2. The summed E-state index contributed by atoms with van der Waals surface area (Å²) in [6.07, 6.45) is 4.43. The van der Waals surface area contributed by atoms with Crippen molar-refractivity contribution in [3.8, 4) is 22.6 Å². The van der Waals surface area contributed by atoms with Crippen LogP contribution in [0.25, 0.3) is 11.1 Å². The molecule has 0 aliphatic heterocycles. The van der Waals surface area contributed by atoms with Crippen molar-refractivity contribution in [3.63, 3.8) is 0 Å². The monoisotopic (exact) mass is 544 g/mol. The quantitative estimate of drug-likeness (QED) is 0.254. The minimum Gasteiger partial charge on any atom is -0.495 e. The molecular weight excluding hydrogens is 512 g/mol. The van der Waals surface area contributed by atoms with E-state index in [-0.39, 0.29) is 16.6 Å². The van der Waals surface area contributed by atoms with E-state index in [2.05, 4.69) is 10.3 Å². The van der Waals surface area contributed by atoms with E-state index in [1.54, 1.807) is 24.4 Å². The molecule has 8 heteroatoms. The fraction of sp³-hybridized carbons (Fsp3) is 0.226. The van der Waals surface area contributed by atoms with E-state index >= 15 is 0 Å². The van der Waals surface area contributed by atoms with Crippen LogP contribution in [0.3, 0.4) is 0 Å². The van der Waals surface area contributed by atoms with Crippen LogP contribution in [0, 0.1) is 6.92 Å². The molecule has 3 aromatic carbocycles. The molecular formula is C31H32N2O5S. The summed E-state index contributed by atoms with van der Waals surface area (Å²) in [5.41, 5.74) is 5.00. The first-order valence-corrected chi connectivity index (χ1v) is 14.3. The molecule has 0 fully saturated rings. The molecule has 0 saturated heterocycles. The average Bonchev–Trinajstić information content (AvgIpc) is 2.95. The van der Waals surface area contributed by atoms with Crippen molar-refractivity contribution >= 4 is 15.7 Å². The Hall–Kier alpha value is -4.17. The smallest absolute Gasteiger partial charge is 0.252 e. The van der Waals surface area contributed by atoms with E-state index in [4.69, 9.17) is 9.47 Å². The van der Waals surface area contributed by atoms with Gasteiger partial charge in [0.05, 0.1) is 31.7 Å². The van der Waals surface area contributed by atoms with Gasteiger partial charge in [-0.3, -0.25) is 9.78 Å². The summed E-state index contributed by atoms with van der Waals surface area (Å²) in [4.78, 5) is 16.5. The minimum atomic E-state index is -3.68. The van der Waals surface area contributed by atoms with Gasteiger partial charge in [-0.1, -0.05) is 60.2 Å². The number of pyridine rings is 1. The summed E-state index contributed by atoms with van der Waals surface area (Å²) in [5, 5.41) is 2.89. The Morgan fingerprint density at radius 3 is 2.41 bits per heavy atom. The molecule has 1 N–H and O–H groups in total. The van der Waals surface area contributed by atoms with Gasteiger partial charge in [0.1, 0.15) is 16.4 Å². The number of ether oxygens (including phenoxy) is 2. The molecule has 1 heterocycles. The number of methoxy groups -OCH3 is 2. The highest BCUT2D eigenvalue weighted by atomic mass is 32.2. The second-order valence-corrected chi connectivity index (χ2v) is 11.2. The van der Waals surface area contributed by atoms with Gasteiger partial charge in [0.25, 0.3) is 5.91 Å². The average molecular weight is 545 g/mol. The highest BCUT2D eigenvalue weighted by Gasteiger charge is 2.21. The number of nitrogens with zero attached hydrogens (tertiary/aromatic N) is 1. The van der Waals surface area contributed by atoms with E-state index in [9.17, 15) is 13.2 Å².